The van der Waals surface area contributed by atoms with E-state index in [-0.39, 0.29) is 0 Å². The summed E-state index contributed by atoms with van der Waals surface area (Å²) < 4.78 is 5.41. The van der Waals surface area contributed by atoms with E-state index in [1.807, 2.05) is 31.2 Å². The zero-order valence-corrected chi connectivity index (χ0v) is 15.9. The van der Waals surface area contributed by atoms with Crippen LogP contribution in [0.5, 0.6) is 5.75 Å². The molecule has 4 rings (SSSR count). The highest BCUT2D eigenvalue weighted by Gasteiger charge is 2.20. The van der Waals surface area contributed by atoms with Gasteiger partial charge in [0.25, 0.3) is 0 Å². The monoisotopic (exact) mass is 378 g/mol. The highest BCUT2D eigenvalue weighted by Crippen LogP contribution is 2.27. The van der Waals surface area contributed by atoms with Gasteiger partial charge in [-0.05, 0) is 30.7 Å². The first-order valence-corrected chi connectivity index (χ1v) is 9.11. The molecule has 0 bridgehead atoms. The lowest BCUT2D eigenvalue weighted by molar-refractivity contribution is 0.416. The van der Waals surface area contributed by atoms with Crippen LogP contribution in [0.1, 0.15) is 5.56 Å². The number of anilines is 4. The molecule has 9 heteroatoms. The zero-order valence-electron chi connectivity index (χ0n) is 15.9. The molecular formula is C19H22N8O. The summed E-state index contributed by atoms with van der Waals surface area (Å²) in [4.78, 5) is 17.6. The van der Waals surface area contributed by atoms with E-state index >= 15 is 0 Å². The Labute approximate surface area is 163 Å². The summed E-state index contributed by atoms with van der Waals surface area (Å²) in [5, 5.41) is 11.4. The minimum Gasteiger partial charge on any atom is -0.495 e. The lowest BCUT2D eigenvalue weighted by atomic mass is 10.2. The van der Waals surface area contributed by atoms with Crippen molar-refractivity contribution in [2.75, 3.05) is 48.4 Å². The van der Waals surface area contributed by atoms with E-state index in [1.54, 1.807) is 25.7 Å². The minimum atomic E-state index is 0.440. The van der Waals surface area contributed by atoms with E-state index < -0.39 is 0 Å². The number of ether oxygens (including phenoxy) is 1. The number of nitrogens with zero attached hydrogens (tertiary/aromatic N) is 7. The molecule has 2 aromatic heterocycles. The Kier molecular flexibility index (Phi) is 5.14. The first-order chi connectivity index (χ1) is 13.7. The minimum absolute atomic E-state index is 0.440. The fourth-order valence-corrected chi connectivity index (χ4v) is 3.13. The molecule has 1 saturated heterocycles. The van der Waals surface area contributed by atoms with E-state index in [1.165, 1.54) is 0 Å². The molecule has 1 fully saturated rings. The predicted octanol–water partition coefficient (Wildman–Crippen LogP) is 2.05. The van der Waals surface area contributed by atoms with Gasteiger partial charge < -0.3 is 19.9 Å². The Bertz CT molecular complexity index is 928. The molecule has 1 aliphatic heterocycles. The van der Waals surface area contributed by atoms with Crippen molar-refractivity contribution in [3.63, 3.8) is 0 Å². The van der Waals surface area contributed by atoms with Crippen LogP contribution in [0.25, 0.3) is 0 Å². The smallest absolute Gasteiger partial charge is 0.249 e. The van der Waals surface area contributed by atoms with Crippen molar-refractivity contribution < 1.29 is 4.74 Å². The van der Waals surface area contributed by atoms with Crippen LogP contribution in [0.15, 0.2) is 42.9 Å². The predicted molar refractivity (Wildman–Crippen MR) is 107 cm³/mol. The summed E-state index contributed by atoms with van der Waals surface area (Å²) in [5.41, 5.74) is 1.93. The summed E-state index contributed by atoms with van der Waals surface area (Å²) in [6.45, 7) is 5.29. The third-order valence-electron chi connectivity index (χ3n) is 4.59. The molecule has 0 spiro atoms. The van der Waals surface area contributed by atoms with Crippen LogP contribution in [0.4, 0.5) is 23.4 Å². The van der Waals surface area contributed by atoms with Crippen molar-refractivity contribution >= 4 is 23.4 Å². The number of hydrogen-bond donors (Lipinski definition) is 1. The van der Waals surface area contributed by atoms with Crippen molar-refractivity contribution in [3.05, 3.63) is 48.4 Å². The van der Waals surface area contributed by atoms with Gasteiger partial charge in [0, 0.05) is 38.6 Å². The number of hydrogen-bond acceptors (Lipinski definition) is 9. The van der Waals surface area contributed by atoms with E-state index in [2.05, 4.69) is 40.3 Å². The Morgan fingerprint density at radius 3 is 2.54 bits per heavy atom. The Morgan fingerprint density at radius 1 is 1.04 bits per heavy atom. The van der Waals surface area contributed by atoms with Crippen molar-refractivity contribution in [2.24, 2.45) is 0 Å². The molecule has 28 heavy (non-hydrogen) atoms. The maximum Gasteiger partial charge on any atom is 0.249 e. The topological polar surface area (TPSA) is 92.2 Å². The zero-order chi connectivity index (χ0) is 19.3. The normalized spacial score (nSPS) is 14.1. The van der Waals surface area contributed by atoms with Crippen LogP contribution in [-0.2, 0) is 0 Å². The number of nitrogens with one attached hydrogen (secondary N) is 1. The second kappa shape index (κ2) is 8.03. The van der Waals surface area contributed by atoms with Gasteiger partial charge in [-0.1, -0.05) is 6.07 Å². The second-order valence-electron chi connectivity index (χ2n) is 6.49. The summed E-state index contributed by atoms with van der Waals surface area (Å²) in [6, 6.07) is 7.73. The fraction of sp³-hybridized carbons (Fsp3) is 0.316. The van der Waals surface area contributed by atoms with Crippen molar-refractivity contribution in [2.45, 2.75) is 6.92 Å². The molecule has 9 nitrogen and oxygen atoms in total. The summed E-state index contributed by atoms with van der Waals surface area (Å²) >= 11 is 0. The van der Waals surface area contributed by atoms with Gasteiger partial charge in [0.15, 0.2) is 5.82 Å². The quantitative estimate of drug-likeness (QED) is 0.716. The van der Waals surface area contributed by atoms with Crippen LogP contribution >= 0.6 is 0 Å². The highest BCUT2D eigenvalue weighted by molar-refractivity contribution is 5.64. The summed E-state index contributed by atoms with van der Waals surface area (Å²) in [6.07, 6.45) is 5.22. The van der Waals surface area contributed by atoms with Crippen LogP contribution in [-0.4, -0.2) is 58.4 Å². The van der Waals surface area contributed by atoms with Crippen LogP contribution in [0.3, 0.4) is 0 Å². The summed E-state index contributed by atoms with van der Waals surface area (Å²) in [7, 11) is 1.64. The van der Waals surface area contributed by atoms with Gasteiger partial charge in [0.1, 0.15) is 5.75 Å². The molecule has 1 N–H and O–H groups in total. The molecular weight excluding hydrogens is 356 g/mol. The van der Waals surface area contributed by atoms with E-state index in [9.17, 15) is 0 Å². The number of rotatable bonds is 5. The number of aromatic nitrogens is 5. The molecule has 3 heterocycles. The maximum absolute atomic E-state index is 5.41. The third-order valence-corrected chi connectivity index (χ3v) is 4.59. The number of piperazine rings is 1. The van der Waals surface area contributed by atoms with E-state index in [0.717, 1.165) is 54.9 Å². The number of methoxy groups -OCH3 is 1. The van der Waals surface area contributed by atoms with Crippen molar-refractivity contribution in [1.82, 2.24) is 25.1 Å². The maximum atomic E-state index is 5.41. The molecule has 0 radical (unpaired) electrons. The molecule has 3 aromatic rings. The standard InChI is InChI=1S/C19H22N8O/c1-14-4-5-16(28-2)15(12-14)23-18-24-17(13-22-25-18)26-8-10-27(11-9-26)19-20-6-3-7-21-19/h3-7,12-13H,8-11H2,1-2H3,(H,23,24,25). The Hall–Kier alpha value is -3.49. The average Bonchev–Trinajstić information content (AvgIpc) is 2.75. The molecule has 144 valence electrons. The summed E-state index contributed by atoms with van der Waals surface area (Å²) in [5.74, 6) is 2.72. The van der Waals surface area contributed by atoms with Crippen LogP contribution in [0.2, 0.25) is 0 Å². The molecule has 0 saturated carbocycles. The second-order valence-corrected chi connectivity index (χ2v) is 6.49. The lowest BCUT2D eigenvalue weighted by Gasteiger charge is -2.35. The SMILES string of the molecule is COc1ccc(C)cc1Nc1nncc(N2CCN(c3ncccn3)CC2)n1. The van der Waals surface area contributed by atoms with Gasteiger partial charge in [-0.2, -0.15) is 10.1 Å². The van der Waals surface area contributed by atoms with Gasteiger partial charge in [-0.25, -0.2) is 9.97 Å². The Balaban J connectivity index is 1.45. The van der Waals surface area contributed by atoms with E-state index in [4.69, 9.17) is 4.74 Å². The molecule has 0 amide bonds. The van der Waals surface area contributed by atoms with Gasteiger partial charge in [-0.15, -0.1) is 5.10 Å². The van der Waals surface area contributed by atoms with Gasteiger partial charge in [0.05, 0.1) is 19.0 Å². The molecule has 0 atom stereocenters. The number of benzene rings is 1. The van der Waals surface area contributed by atoms with Gasteiger partial charge in [0.2, 0.25) is 11.9 Å². The average molecular weight is 378 g/mol. The largest absolute Gasteiger partial charge is 0.495 e. The Morgan fingerprint density at radius 2 is 1.79 bits per heavy atom. The fourth-order valence-electron chi connectivity index (χ4n) is 3.13. The van der Waals surface area contributed by atoms with Crippen LogP contribution < -0.4 is 19.9 Å². The first kappa shape index (κ1) is 17.9. The van der Waals surface area contributed by atoms with Gasteiger partial charge >= 0.3 is 0 Å². The highest BCUT2D eigenvalue weighted by atomic mass is 16.5. The molecule has 0 unspecified atom stereocenters. The molecule has 0 aliphatic carbocycles. The molecule has 1 aromatic carbocycles. The number of aryl methyl sites for hydroxylation is 1. The first-order valence-electron chi connectivity index (χ1n) is 9.11. The van der Waals surface area contributed by atoms with E-state index in [0.29, 0.717) is 5.95 Å². The van der Waals surface area contributed by atoms with Gasteiger partial charge in [-0.3, -0.25) is 0 Å². The third kappa shape index (κ3) is 3.93. The van der Waals surface area contributed by atoms with Crippen LogP contribution in [0, 0.1) is 6.92 Å². The lowest BCUT2D eigenvalue weighted by Crippen LogP contribution is -2.47. The molecule has 1 aliphatic rings. The van der Waals surface area contributed by atoms with Crippen molar-refractivity contribution in [3.8, 4) is 5.75 Å². The van der Waals surface area contributed by atoms with Crippen molar-refractivity contribution in [1.29, 1.82) is 0 Å².